The number of amides is 1. The lowest BCUT2D eigenvalue weighted by atomic mass is 9.79. The number of hydrogen-bond donors (Lipinski definition) is 3. The van der Waals surface area contributed by atoms with Crippen molar-refractivity contribution in [3.63, 3.8) is 0 Å². The van der Waals surface area contributed by atoms with Crippen LogP contribution in [-0.4, -0.2) is 37.6 Å². The second-order valence-corrected chi connectivity index (χ2v) is 8.04. The van der Waals surface area contributed by atoms with Crippen molar-refractivity contribution in [3.8, 4) is 0 Å². The van der Waals surface area contributed by atoms with Gasteiger partial charge in [-0.3, -0.25) is 4.79 Å². The minimum Gasteiger partial charge on any atom is -0.355 e. The van der Waals surface area contributed by atoms with Crippen LogP contribution in [0, 0.1) is 23.7 Å². The summed E-state index contributed by atoms with van der Waals surface area (Å²) < 4.78 is 0. The fraction of sp³-hybridized carbons (Fsp3) is 0.944. The Morgan fingerprint density at radius 2 is 1.50 bits per heavy atom. The van der Waals surface area contributed by atoms with E-state index in [0.717, 1.165) is 31.6 Å². The standard InChI is InChI=1S/C18H31N3O/c22-18(15-11-20-17-8-4-2-6-14(15)17)21-10-12-9-19-16-7-3-1-5-13(12)16/h12-17,19-20H,1-11H2,(H,21,22). The smallest absolute Gasteiger partial charge is 0.224 e. The number of carbonyl (C=O) groups excluding carboxylic acids is 1. The van der Waals surface area contributed by atoms with Gasteiger partial charge in [0.05, 0.1) is 5.92 Å². The first-order valence-corrected chi connectivity index (χ1v) is 9.57. The second-order valence-electron chi connectivity index (χ2n) is 8.04. The van der Waals surface area contributed by atoms with E-state index in [1.54, 1.807) is 0 Å². The first-order chi connectivity index (χ1) is 10.8. The normalized spacial score (nSPS) is 44.4. The molecule has 2 heterocycles. The van der Waals surface area contributed by atoms with Crippen molar-refractivity contribution in [2.75, 3.05) is 19.6 Å². The number of carbonyl (C=O) groups is 1. The minimum absolute atomic E-state index is 0.224. The Morgan fingerprint density at radius 1 is 0.864 bits per heavy atom. The predicted molar refractivity (Wildman–Crippen MR) is 87.5 cm³/mol. The summed E-state index contributed by atoms with van der Waals surface area (Å²) in [6, 6.07) is 1.34. The van der Waals surface area contributed by atoms with Gasteiger partial charge in [-0.25, -0.2) is 0 Å². The van der Waals surface area contributed by atoms with Gasteiger partial charge >= 0.3 is 0 Å². The van der Waals surface area contributed by atoms with E-state index in [-0.39, 0.29) is 5.92 Å². The molecule has 6 atom stereocenters. The Balaban J connectivity index is 1.29. The Bertz CT molecular complexity index is 413. The quantitative estimate of drug-likeness (QED) is 0.743. The number of rotatable bonds is 3. The molecule has 124 valence electrons. The highest BCUT2D eigenvalue weighted by Crippen LogP contribution is 2.36. The molecule has 2 saturated heterocycles. The second kappa shape index (κ2) is 6.48. The molecule has 4 heteroatoms. The molecule has 0 bridgehead atoms. The van der Waals surface area contributed by atoms with Crippen LogP contribution in [0.15, 0.2) is 0 Å². The molecule has 1 amide bonds. The van der Waals surface area contributed by atoms with Crippen molar-refractivity contribution in [2.45, 2.75) is 63.5 Å². The molecule has 2 saturated carbocycles. The lowest BCUT2D eigenvalue weighted by Crippen LogP contribution is -2.40. The van der Waals surface area contributed by atoms with Crippen LogP contribution in [0.4, 0.5) is 0 Å². The average Bonchev–Trinajstić information content (AvgIpc) is 3.17. The van der Waals surface area contributed by atoms with Gasteiger partial charge in [-0.15, -0.1) is 0 Å². The molecule has 4 aliphatic rings. The third-order valence-electron chi connectivity index (χ3n) is 6.88. The zero-order valence-electron chi connectivity index (χ0n) is 13.7. The summed E-state index contributed by atoms with van der Waals surface area (Å²) in [5.74, 6) is 2.60. The largest absolute Gasteiger partial charge is 0.355 e. The highest BCUT2D eigenvalue weighted by molar-refractivity contribution is 5.79. The number of fused-ring (bicyclic) bond motifs is 2. The van der Waals surface area contributed by atoms with Gasteiger partial charge in [0.15, 0.2) is 0 Å². The maximum atomic E-state index is 12.6. The lowest BCUT2D eigenvalue weighted by Gasteiger charge is -2.30. The summed E-state index contributed by atoms with van der Waals surface area (Å²) in [6.07, 6.45) is 10.6. The Labute approximate surface area is 134 Å². The summed E-state index contributed by atoms with van der Waals surface area (Å²) >= 11 is 0. The van der Waals surface area contributed by atoms with Crippen molar-refractivity contribution >= 4 is 5.91 Å². The molecule has 0 aromatic heterocycles. The number of hydrogen-bond acceptors (Lipinski definition) is 3. The molecule has 22 heavy (non-hydrogen) atoms. The Kier molecular flexibility index (Phi) is 4.40. The summed E-state index contributed by atoms with van der Waals surface area (Å²) in [6.45, 7) is 2.89. The molecule has 2 aliphatic heterocycles. The molecule has 2 aliphatic carbocycles. The molecule has 0 aromatic carbocycles. The van der Waals surface area contributed by atoms with Gasteiger partial charge in [0.25, 0.3) is 0 Å². The summed E-state index contributed by atoms with van der Waals surface area (Å²) in [4.78, 5) is 12.6. The van der Waals surface area contributed by atoms with Gasteiger partial charge in [0.2, 0.25) is 5.91 Å². The van der Waals surface area contributed by atoms with E-state index in [9.17, 15) is 4.79 Å². The van der Waals surface area contributed by atoms with Crippen molar-refractivity contribution in [2.24, 2.45) is 23.7 Å². The molecule has 6 unspecified atom stereocenters. The van der Waals surface area contributed by atoms with Crippen LogP contribution in [0.3, 0.4) is 0 Å². The maximum absolute atomic E-state index is 12.6. The molecule has 4 fully saturated rings. The molecular weight excluding hydrogens is 274 g/mol. The predicted octanol–water partition coefficient (Wildman–Crippen LogP) is 1.66. The monoisotopic (exact) mass is 305 g/mol. The van der Waals surface area contributed by atoms with Crippen molar-refractivity contribution in [3.05, 3.63) is 0 Å². The fourth-order valence-electron chi connectivity index (χ4n) is 5.63. The van der Waals surface area contributed by atoms with Crippen molar-refractivity contribution in [1.29, 1.82) is 0 Å². The van der Waals surface area contributed by atoms with E-state index in [1.165, 1.54) is 51.4 Å². The van der Waals surface area contributed by atoms with E-state index < -0.39 is 0 Å². The molecule has 3 N–H and O–H groups in total. The SMILES string of the molecule is O=C(NCC1CNC2CCCCC12)C1CNC2CCCCC21. The minimum atomic E-state index is 0.224. The van der Waals surface area contributed by atoms with E-state index in [2.05, 4.69) is 16.0 Å². The molecule has 4 rings (SSSR count). The summed E-state index contributed by atoms with van der Waals surface area (Å²) in [5.41, 5.74) is 0. The van der Waals surface area contributed by atoms with Crippen LogP contribution in [0.1, 0.15) is 51.4 Å². The van der Waals surface area contributed by atoms with Gasteiger partial charge in [-0.05, 0) is 43.4 Å². The first-order valence-electron chi connectivity index (χ1n) is 9.57. The Morgan fingerprint density at radius 3 is 2.32 bits per heavy atom. The van der Waals surface area contributed by atoms with Gasteiger partial charge < -0.3 is 16.0 Å². The average molecular weight is 305 g/mol. The molecule has 0 radical (unpaired) electrons. The molecular formula is C18H31N3O. The molecule has 0 aromatic rings. The highest BCUT2D eigenvalue weighted by atomic mass is 16.1. The van der Waals surface area contributed by atoms with E-state index in [1.807, 2.05) is 0 Å². The van der Waals surface area contributed by atoms with Crippen LogP contribution in [0.2, 0.25) is 0 Å². The summed E-state index contributed by atoms with van der Waals surface area (Å²) in [5, 5.41) is 10.6. The van der Waals surface area contributed by atoms with E-state index in [0.29, 0.717) is 23.8 Å². The molecule has 4 nitrogen and oxygen atoms in total. The van der Waals surface area contributed by atoms with Gasteiger partial charge in [0.1, 0.15) is 0 Å². The van der Waals surface area contributed by atoms with E-state index in [4.69, 9.17) is 0 Å². The Hall–Kier alpha value is -0.610. The van der Waals surface area contributed by atoms with Crippen molar-refractivity contribution in [1.82, 2.24) is 16.0 Å². The van der Waals surface area contributed by atoms with Crippen LogP contribution in [-0.2, 0) is 4.79 Å². The van der Waals surface area contributed by atoms with Crippen LogP contribution in [0.25, 0.3) is 0 Å². The third-order valence-corrected chi connectivity index (χ3v) is 6.88. The highest BCUT2D eigenvalue weighted by Gasteiger charge is 2.42. The van der Waals surface area contributed by atoms with Crippen LogP contribution >= 0.6 is 0 Å². The van der Waals surface area contributed by atoms with Crippen LogP contribution < -0.4 is 16.0 Å². The van der Waals surface area contributed by atoms with Gasteiger partial charge in [-0.1, -0.05) is 25.7 Å². The fourth-order valence-corrected chi connectivity index (χ4v) is 5.63. The topological polar surface area (TPSA) is 53.2 Å². The summed E-state index contributed by atoms with van der Waals surface area (Å²) in [7, 11) is 0. The molecule has 0 spiro atoms. The van der Waals surface area contributed by atoms with Crippen LogP contribution in [0.5, 0.6) is 0 Å². The first kappa shape index (κ1) is 14.9. The third kappa shape index (κ3) is 2.80. The zero-order valence-corrected chi connectivity index (χ0v) is 13.7. The lowest BCUT2D eigenvalue weighted by molar-refractivity contribution is -0.126. The van der Waals surface area contributed by atoms with Gasteiger partial charge in [0, 0.05) is 31.7 Å². The van der Waals surface area contributed by atoms with Gasteiger partial charge in [-0.2, -0.15) is 0 Å². The van der Waals surface area contributed by atoms with E-state index >= 15 is 0 Å². The zero-order chi connectivity index (χ0) is 14.9. The maximum Gasteiger partial charge on any atom is 0.224 e. The van der Waals surface area contributed by atoms with Crippen molar-refractivity contribution < 1.29 is 4.79 Å². The number of nitrogens with one attached hydrogen (secondary N) is 3.